The lowest BCUT2D eigenvalue weighted by atomic mass is 10.1. The molecule has 1 aliphatic heterocycles. The van der Waals surface area contributed by atoms with Crippen LogP contribution >= 0.6 is 0 Å². The Morgan fingerprint density at radius 1 is 0.972 bits per heavy atom. The van der Waals surface area contributed by atoms with E-state index in [-0.39, 0.29) is 10.6 Å². The lowest BCUT2D eigenvalue weighted by Crippen LogP contribution is -2.40. The first-order valence-electron chi connectivity index (χ1n) is 11.8. The molecule has 0 atom stereocenters. The molecule has 36 heavy (non-hydrogen) atoms. The van der Waals surface area contributed by atoms with E-state index in [0.717, 1.165) is 41.3 Å². The predicted octanol–water partition coefficient (Wildman–Crippen LogP) is 4.10. The number of nitrogens with zero attached hydrogens (tertiary/aromatic N) is 3. The molecule has 0 radical (unpaired) electrons. The molecule has 9 heteroatoms. The van der Waals surface area contributed by atoms with Crippen LogP contribution in [-0.2, 0) is 21.4 Å². The quantitative estimate of drug-likeness (QED) is 0.465. The van der Waals surface area contributed by atoms with Crippen molar-refractivity contribution in [2.45, 2.75) is 31.2 Å². The van der Waals surface area contributed by atoms with E-state index in [1.807, 2.05) is 25.1 Å². The molecule has 1 heterocycles. The number of piperidine rings is 1. The molecular formula is C27H29FN4O3S. The van der Waals surface area contributed by atoms with Crippen molar-refractivity contribution in [2.75, 3.05) is 23.9 Å². The van der Waals surface area contributed by atoms with Crippen molar-refractivity contribution >= 4 is 27.3 Å². The van der Waals surface area contributed by atoms with Crippen LogP contribution in [0, 0.1) is 12.7 Å². The molecule has 1 aliphatic rings. The van der Waals surface area contributed by atoms with Gasteiger partial charge in [0.15, 0.2) is 0 Å². The van der Waals surface area contributed by atoms with Crippen LogP contribution in [0.2, 0.25) is 0 Å². The number of hydrogen-bond donors (Lipinski definition) is 1. The second kappa shape index (κ2) is 11.5. The molecule has 0 saturated carbocycles. The largest absolute Gasteiger partial charge is 0.298 e. The average Bonchev–Trinajstić information content (AvgIpc) is 2.88. The molecule has 0 aliphatic carbocycles. The Morgan fingerprint density at radius 3 is 2.28 bits per heavy atom. The van der Waals surface area contributed by atoms with E-state index < -0.39 is 28.3 Å². The summed E-state index contributed by atoms with van der Waals surface area (Å²) in [6, 6.07) is 21.9. The van der Waals surface area contributed by atoms with Gasteiger partial charge in [-0.25, -0.2) is 18.2 Å². The molecule has 188 valence electrons. The first kappa shape index (κ1) is 25.5. The highest BCUT2D eigenvalue weighted by atomic mass is 32.2. The van der Waals surface area contributed by atoms with Gasteiger partial charge in [-0.15, -0.1) is 0 Å². The van der Waals surface area contributed by atoms with Crippen molar-refractivity contribution < 1.29 is 17.6 Å². The van der Waals surface area contributed by atoms with Crippen LogP contribution < -0.4 is 9.73 Å². The van der Waals surface area contributed by atoms with Crippen molar-refractivity contribution in [1.29, 1.82) is 0 Å². The van der Waals surface area contributed by atoms with Crippen LogP contribution in [0.1, 0.15) is 24.0 Å². The maximum Gasteiger partial charge on any atom is 0.264 e. The molecule has 1 N–H and O–H groups in total. The topological polar surface area (TPSA) is 82.1 Å². The monoisotopic (exact) mass is 508 g/mol. The average molecular weight is 509 g/mol. The zero-order valence-electron chi connectivity index (χ0n) is 20.1. The number of halogens is 1. The minimum atomic E-state index is -4.19. The van der Waals surface area contributed by atoms with Gasteiger partial charge in [0, 0.05) is 38.2 Å². The maximum atomic E-state index is 14.6. The van der Waals surface area contributed by atoms with Gasteiger partial charge in [-0.05, 0) is 36.8 Å². The first-order valence-corrected chi connectivity index (χ1v) is 13.2. The van der Waals surface area contributed by atoms with Crippen LogP contribution in [0.25, 0.3) is 0 Å². The van der Waals surface area contributed by atoms with Gasteiger partial charge in [0.2, 0.25) is 0 Å². The van der Waals surface area contributed by atoms with Crippen LogP contribution in [0.5, 0.6) is 0 Å². The molecule has 7 nitrogen and oxygen atoms in total. The van der Waals surface area contributed by atoms with Crippen molar-refractivity contribution in [3.8, 4) is 0 Å². The van der Waals surface area contributed by atoms with E-state index in [0.29, 0.717) is 12.8 Å². The maximum absolute atomic E-state index is 14.6. The van der Waals surface area contributed by atoms with Crippen molar-refractivity contribution in [3.05, 3.63) is 95.8 Å². The number of rotatable bonds is 8. The number of para-hydroxylation sites is 1. The fraction of sp³-hybridized carbons (Fsp3) is 0.259. The van der Waals surface area contributed by atoms with E-state index in [4.69, 9.17) is 0 Å². The number of hydrogen-bond acceptors (Lipinski definition) is 5. The highest BCUT2D eigenvalue weighted by Crippen LogP contribution is 2.26. The van der Waals surface area contributed by atoms with E-state index in [1.54, 1.807) is 12.1 Å². The number of nitrogens with one attached hydrogen (secondary N) is 1. The second-order valence-corrected chi connectivity index (χ2v) is 10.6. The van der Waals surface area contributed by atoms with Gasteiger partial charge in [0.05, 0.1) is 10.6 Å². The molecule has 0 spiro atoms. The Morgan fingerprint density at radius 2 is 1.61 bits per heavy atom. The number of likely N-dealkylation sites (tertiary alicyclic amines) is 1. The van der Waals surface area contributed by atoms with Crippen LogP contribution in [-0.4, -0.2) is 44.6 Å². The summed E-state index contributed by atoms with van der Waals surface area (Å²) >= 11 is 0. The molecule has 1 saturated heterocycles. The summed E-state index contributed by atoms with van der Waals surface area (Å²) in [7, 11) is -4.19. The van der Waals surface area contributed by atoms with Crippen molar-refractivity contribution in [1.82, 2.24) is 10.3 Å². The third kappa shape index (κ3) is 6.35. The number of hydrazone groups is 1. The van der Waals surface area contributed by atoms with Crippen molar-refractivity contribution in [3.63, 3.8) is 0 Å². The van der Waals surface area contributed by atoms with Crippen LogP contribution in [0.4, 0.5) is 10.1 Å². The van der Waals surface area contributed by atoms with Gasteiger partial charge < -0.3 is 0 Å². The third-order valence-corrected chi connectivity index (χ3v) is 7.81. The smallest absolute Gasteiger partial charge is 0.264 e. The summed E-state index contributed by atoms with van der Waals surface area (Å²) in [4.78, 5) is 15.1. The minimum Gasteiger partial charge on any atom is -0.298 e. The van der Waals surface area contributed by atoms with E-state index in [2.05, 4.69) is 27.6 Å². The molecule has 1 amide bonds. The number of aryl methyl sites for hydroxylation is 1. The first-order chi connectivity index (χ1) is 17.3. The Balaban J connectivity index is 1.43. The predicted molar refractivity (Wildman–Crippen MR) is 139 cm³/mol. The lowest BCUT2D eigenvalue weighted by Gasteiger charge is -2.27. The highest BCUT2D eigenvalue weighted by molar-refractivity contribution is 7.92. The molecular weight excluding hydrogens is 479 g/mol. The highest BCUT2D eigenvalue weighted by Gasteiger charge is 2.29. The van der Waals surface area contributed by atoms with Gasteiger partial charge in [-0.2, -0.15) is 5.10 Å². The molecule has 1 fully saturated rings. The summed E-state index contributed by atoms with van der Waals surface area (Å²) in [5.41, 5.74) is 5.24. The minimum absolute atomic E-state index is 0.0266. The molecule has 0 unspecified atom stereocenters. The standard InChI is InChI=1S/C27H29FN4O3S/c1-21-11-13-24(14-12-21)36(34,35)32(26-10-6-5-9-25(26)28)20-27(33)30-29-23-15-17-31(18-16-23)19-22-7-3-2-4-8-22/h2-14H,15-20H2,1H3,(H,30,33). The fourth-order valence-electron chi connectivity index (χ4n) is 4.02. The summed E-state index contributed by atoms with van der Waals surface area (Å²) in [5, 5.41) is 4.24. The second-order valence-electron chi connectivity index (χ2n) is 8.75. The number of carbonyl (C=O) groups excluding carboxylic acids is 1. The fourth-order valence-corrected chi connectivity index (χ4v) is 5.45. The van der Waals surface area contributed by atoms with Gasteiger partial charge in [0.1, 0.15) is 12.4 Å². The Kier molecular flexibility index (Phi) is 8.12. The Hall–Kier alpha value is -3.56. The number of carbonyl (C=O) groups is 1. The van der Waals surface area contributed by atoms with Gasteiger partial charge >= 0.3 is 0 Å². The van der Waals surface area contributed by atoms with Crippen LogP contribution in [0.15, 0.2) is 88.9 Å². The summed E-state index contributed by atoms with van der Waals surface area (Å²) in [6.45, 7) is 3.71. The molecule has 3 aromatic rings. The van der Waals surface area contributed by atoms with E-state index in [1.165, 1.54) is 35.9 Å². The summed E-state index contributed by atoms with van der Waals surface area (Å²) in [5.74, 6) is -1.38. The number of anilines is 1. The zero-order chi connectivity index (χ0) is 25.5. The molecule has 0 bridgehead atoms. The zero-order valence-corrected chi connectivity index (χ0v) is 20.9. The van der Waals surface area contributed by atoms with E-state index >= 15 is 0 Å². The number of sulfonamides is 1. The van der Waals surface area contributed by atoms with Gasteiger partial charge in [-0.1, -0.05) is 60.2 Å². The number of benzene rings is 3. The third-order valence-electron chi connectivity index (χ3n) is 6.04. The van der Waals surface area contributed by atoms with Gasteiger partial charge in [0.25, 0.3) is 15.9 Å². The van der Waals surface area contributed by atoms with E-state index in [9.17, 15) is 17.6 Å². The van der Waals surface area contributed by atoms with Crippen molar-refractivity contribution in [2.24, 2.45) is 5.10 Å². The molecule has 0 aromatic heterocycles. The number of amides is 1. The lowest BCUT2D eigenvalue weighted by molar-refractivity contribution is -0.119. The normalized spacial score (nSPS) is 14.3. The summed E-state index contributed by atoms with van der Waals surface area (Å²) in [6.07, 6.45) is 1.40. The summed E-state index contributed by atoms with van der Waals surface area (Å²) < 4.78 is 42.1. The van der Waals surface area contributed by atoms with Crippen LogP contribution in [0.3, 0.4) is 0 Å². The van der Waals surface area contributed by atoms with Gasteiger partial charge in [-0.3, -0.25) is 14.0 Å². The SMILES string of the molecule is Cc1ccc(S(=O)(=O)N(CC(=O)NN=C2CCN(Cc3ccccc3)CC2)c2ccccc2F)cc1. The Labute approximate surface area is 211 Å². The molecule has 4 rings (SSSR count). The Bertz CT molecular complexity index is 1320. The molecule has 3 aromatic carbocycles.